The molecular formula is C23H29N3O. The molecule has 0 spiro atoms. The fourth-order valence-corrected chi connectivity index (χ4v) is 4.13. The Hall–Kier alpha value is -2.33. The number of ether oxygens (including phenoxy) is 1. The molecule has 1 aromatic carbocycles. The molecule has 2 aromatic heterocycles. The van der Waals surface area contributed by atoms with Crippen LogP contribution in [0.2, 0.25) is 0 Å². The van der Waals surface area contributed by atoms with Gasteiger partial charge in [0.25, 0.3) is 0 Å². The second-order valence-corrected chi connectivity index (χ2v) is 7.84. The van der Waals surface area contributed by atoms with Gasteiger partial charge in [-0.25, -0.2) is 0 Å². The standard InChI is InChI=1S/C23H29N3O/c1-5-20-21-13-18(27-19-9-11-26(14-19)15(2)3)6-7-22(21)25-23(20)17-8-10-24-16(4)12-17/h6-8,10,12-13,15,19,25H,5,9,11,14H2,1-4H3. The van der Waals surface area contributed by atoms with Crippen LogP contribution in [0.1, 0.15) is 38.4 Å². The van der Waals surface area contributed by atoms with Gasteiger partial charge in [-0.15, -0.1) is 0 Å². The van der Waals surface area contributed by atoms with E-state index in [1.807, 2.05) is 13.1 Å². The van der Waals surface area contributed by atoms with Crippen molar-refractivity contribution in [2.24, 2.45) is 0 Å². The number of nitrogens with one attached hydrogen (secondary N) is 1. The lowest BCUT2D eigenvalue weighted by atomic mass is 10.0. The molecule has 4 nitrogen and oxygen atoms in total. The van der Waals surface area contributed by atoms with Gasteiger partial charge in [-0.3, -0.25) is 9.88 Å². The van der Waals surface area contributed by atoms with E-state index >= 15 is 0 Å². The molecule has 27 heavy (non-hydrogen) atoms. The molecule has 0 bridgehead atoms. The Kier molecular flexibility index (Phi) is 4.92. The maximum Gasteiger partial charge on any atom is 0.120 e. The summed E-state index contributed by atoms with van der Waals surface area (Å²) in [6, 6.07) is 11.3. The predicted molar refractivity (Wildman–Crippen MR) is 111 cm³/mol. The van der Waals surface area contributed by atoms with Crippen LogP contribution >= 0.6 is 0 Å². The third kappa shape index (κ3) is 3.59. The summed E-state index contributed by atoms with van der Waals surface area (Å²) >= 11 is 0. The zero-order valence-corrected chi connectivity index (χ0v) is 16.7. The van der Waals surface area contributed by atoms with E-state index in [1.54, 1.807) is 0 Å². The largest absolute Gasteiger partial charge is 0.489 e. The van der Waals surface area contributed by atoms with Crippen molar-refractivity contribution >= 4 is 10.9 Å². The zero-order valence-electron chi connectivity index (χ0n) is 16.7. The molecule has 3 aromatic rings. The van der Waals surface area contributed by atoms with Crippen LogP contribution < -0.4 is 4.74 Å². The molecule has 142 valence electrons. The SMILES string of the molecule is CCc1c(-c2ccnc(C)c2)[nH]c2ccc(OC3CCN(C(C)C)C3)cc12. The molecule has 0 aliphatic carbocycles. The van der Waals surface area contributed by atoms with Gasteiger partial charge in [-0.2, -0.15) is 0 Å². The van der Waals surface area contributed by atoms with Crippen molar-refractivity contribution in [3.05, 3.63) is 47.8 Å². The Morgan fingerprint density at radius 2 is 2.11 bits per heavy atom. The van der Waals surface area contributed by atoms with Crippen molar-refractivity contribution < 1.29 is 4.74 Å². The monoisotopic (exact) mass is 363 g/mol. The molecule has 1 aliphatic rings. The average molecular weight is 364 g/mol. The van der Waals surface area contributed by atoms with Crippen LogP contribution in [0.4, 0.5) is 0 Å². The normalized spacial score (nSPS) is 17.9. The maximum atomic E-state index is 6.33. The van der Waals surface area contributed by atoms with Gasteiger partial charge < -0.3 is 9.72 Å². The number of pyridine rings is 1. The van der Waals surface area contributed by atoms with Crippen molar-refractivity contribution in [1.82, 2.24) is 14.9 Å². The lowest BCUT2D eigenvalue weighted by Crippen LogP contribution is -2.30. The van der Waals surface area contributed by atoms with Gasteiger partial charge >= 0.3 is 0 Å². The van der Waals surface area contributed by atoms with Gasteiger partial charge in [0.05, 0.1) is 0 Å². The summed E-state index contributed by atoms with van der Waals surface area (Å²) in [6.07, 6.45) is 4.25. The number of benzene rings is 1. The van der Waals surface area contributed by atoms with Crippen LogP contribution in [-0.4, -0.2) is 40.1 Å². The molecule has 1 fully saturated rings. The highest BCUT2D eigenvalue weighted by Gasteiger charge is 2.25. The third-order valence-electron chi connectivity index (χ3n) is 5.63. The van der Waals surface area contributed by atoms with E-state index in [1.165, 1.54) is 27.7 Å². The molecule has 0 radical (unpaired) electrons. The minimum atomic E-state index is 0.288. The number of rotatable bonds is 5. The van der Waals surface area contributed by atoms with Crippen molar-refractivity contribution in [3.63, 3.8) is 0 Å². The molecule has 4 heteroatoms. The number of aromatic nitrogens is 2. The summed E-state index contributed by atoms with van der Waals surface area (Å²) in [5.74, 6) is 0.976. The summed E-state index contributed by atoms with van der Waals surface area (Å²) in [5, 5.41) is 1.26. The highest BCUT2D eigenvalue weighted by atomic mass is 16.5. The molecule has 1 saturated heterocycles. The number of hydrogen-bond acceptors (Lipinski definition) is 3. The first-order valence-electron chi connectivity index (χ1n) is 10.0. The Morgan fingerprint density at radius 3 is 2.81 bits per heavy atom. The molecule has 1 aliphatic heterocycles. The highest BCUT2D eigenvalue weighted by molar-refractivity contribution is 5.91. The fraction of sp³-hybridized carbons (Fsp3) is 0.435. The van der Waals surface area contributed by atoms with E-state index < -0.39 is 0 Å². The molecule has 1 unspecified atom stereocenters. The number of aryl methyl sites for hydroxylation is 2. The van der Waals surface area contributed by atoms with Crippen LogP contribution in [0.15, 0.2) is 36.5 Å². The summed E-state index contributed by atoms with van der Waals surface area (Å²) in [6.45, 7) is 10.9. The van der Waals surface area contributed by atoms with Crippen molar-refractivity contribution in [1.29, 1.82) is 0 Å². The second-order valence-electron chi connectivity index (χ2n) is 7.84. The number of likely N-dealkylation sites (tertiary alicyclic amines) is 1. The Balaban J connectivity index is 1.64. The summed E-state index contributed by atoms with van der Waals surface area (Å²) in [4.78, 5) is 10.4. The Labute approximate surface area is 161 Å². The highest BCUT2D eigenvalue weighted by Crippen LogP contribution is 2.33. The van der Waals surface area contributed by atoms with Crippen LogP contribution in [0, 0.1) is 6.92 Å². The van der Waals surface area contributed by atoms with Gasteiger partial charge in [0.2, 0.25) is 0 Å². The van der Waals surface area contributed by atoms with E-state index in [0.29, 0.717) is 6.04 Å². The molecule has 4 rings (SSSR count). The first kappa shape index (κ1) is 18.1. The van der Waals surface area contributed by atoms with E-state index in [0.717, 1.165) is 37.4 Å². The topological polar surface area (TPSA) is 41.1 Å². The van der Waals surface area contributed by atoms with E-state index in [2.05, 4.69) is 66.0 Å². The number of H-pyrrole nitrogens is 1. The maximum absolute atomic E-state index is 6.33. The third-order valence-corrected chi connectivity index (χ3v) is 5.63. The molecule has 0 amide bonds. The molecule has 1 N–H and O–H groups in total. The van der Waals surface area contributed by atoms with Crippen LogP contribution in [-0.2, 0) is 6.42 Å². The average Bonchev–Trinajstić information content (AvgIpc) is 3.26. The van der Waals surface area contributed by atoms with Crippen LogP contribution in [0.25, 0.3) is 22.2 Å². The van der Waals surface area contributed by atoms with Crippen LogP contribution in [0.3, 0.4) is 0 Å². The predicted octanol–water partition coefficient (Wildman–Crippen LogP) is 4.96. The van der Waals surface area contributed by atoms with Crippen molar-refractivity contribution in [3.8, 4) is 17.0 Å². The van der Waals surface area contributed by atoms with Gasteiger partial charge in [0, 0.05) is 53.2 Å². The van der Waals surface area contributed by atoms with Crippen molar-refractivity contribution in [2.75, 3.05) is 13.1 Å². The fourth-order valence-electron chi connectivity index (χ4n) is 4.13. The van der Waals surface area contributed by atoms with Crippen LogP contribution in [0.5, 0.6) is 5.75 Å². The number of fused-ring (bicyclic) bond motifs is 1. The number of hydrogen-bond donors (Lipinski definition) is 1. The first-order valence-corrected chi connectivity index (χ1v) is 10.0. The van der Waals surface area contributed by atoms with E-state index in [9.17, 15) is 0 Å². The summed E-state index contributed by atoms with van der Waals surface area (Å²) < 4.78 is 6.33. The number of aromatic amines is 1. The van der Waals surface area contributed by atoms with Crippen molar-refractivity contribution in [2.45, 2.75) is 52.7 Å². The van der Waals surface area contributed by atoms with Gasteiger partial charge in [-0.1, -0.05) is 6.92 Å². The van der Waals surface area contributed by atoms with Gasteiger partial charge in [-0.05, 0) is 69.5 Å². The lowest BCUT2D eigenvalue weighted by Gasteiger charge is -2.20. The van der Waals surface area contributed by atoms with E-state index in [4.69, 9.17) is 4.74 Å². The Morgan fingerprint density at radius 1 is 1.26 bits per heavy atom. The molecule has 0 saturated carbocycles. The number of nitrogens with zero attached hydrogens (tertiary/aromatic N) is 2. The lowest BCUT2D eigenvalue weighted by molar-refractivity contribution is 0.187. The molecule has 1 atom stereocenters. The smallest absolute Gasteiger partial charge is 0.120 e. The Bertz CT molecular complexity index is 944. The van der Waals surface area contributed by atoms with Gasteiger partial charge in [0.1, 0.15) is 11.9 Å². The zero-order chi connectivity index (χ0) is 19.0. The second kappa shape index (κ2) is 7.35. The molecular weight excluding hydrogens is 334 g/mol. The van der Waals surface area contributed by atoms with E-state index in [-0.39, 0.29) is 6.10 Å². The summed E-state index contributed by atoms with van der Waals surface area (Å²) in [7, 11) is 0. The minimum Gasteiger partial charge on any atom is -0.489 e. The molecule has 3 heterocycles. The summed E-state index contributed by atoms with van der Waals surface area (Å²) in [5.41, 5.74) is 5.94. The minimum absolute atomic E-state index is 0.288. The van der Waals surface area contributed by atoms with Gasteiger partial charge in [0.15, 0.2) is 0 Å². The first-order chi connectivity index (χ1) is 13.0. The quantitative estimate of drug-likeness (QED) is 0.696.